The quantitative estimate of drug-likeness (QED) is 0.533. The summed E-state index contributed by atoms with van der Waals surface area (Å²) in [5, 5.41) is 2.75. The number of hydrogen-bond acceptors (Lipinski definition) is 6. The van der Waals surface area contributed by atoms with Gasteiger partial charge in [0, 0.05) is 25.0 Å². The fourth-order valence-corrected chi connectivity index (χ4v) is 4.43. The van der Waals surface area contributed by atoms with Gasteiger partial charge in [0.15, 0.2) is 11.5 Å². The number of pyridine rings is 1. The number of ether oxygens (including phenoxy) is 2. The van der Waals surface area contributed by atoms with Gasteiger partial charge in [0.05, 0.1) is 24.8 Å². The van der Waals surface area contributed by atoms with Crippen molar-refractivity contribution in [1.29, 1.82) is 0 Å². The van der Waals surface area contributed by atoms with Crippen molar-refractivity contribution in [2.45, 2.75) is 18.4 Å². The first kappa shape index (κ1) is 23.1. The van der Waals surface area contributed by atoms with E-state index < -0.39 is 22.5 Å². The van der Waals surface area contributed by atoms with Crippen LogP contribution >= 0.6 is 0 Å². The van der Waals surface area contributed by atoms with Crippen LogP contribution < -0.4 is 19.1 Å². The molecule has 0 atom stereocenters. The molecule has 0 radical (unpaired) electrons. The summed E-state index contributed by atoms with van der Waals surface area (Å²) in [6.07, 6.45) is 3.25. The number of carbonyl (C=O) groups is 1. The van der Waals surface area contributed by atoms with Crippen molar-refractivity contribution in [2.24, 2.45) is 0 Å². The summed E-state index contributed by atoms with van der Waals surface area (Å²) in [6, 6.07) is 14.7. The van der Waals surface area contributed by atoms with Crippen LogP contribution in [0.25, 0.3) is 0 Å². The summed E-state index contributed by atoms with van der Waals surface area (Å²) in [4.78, 5) is 16.7. The van der Waals surface area contributed by atoms with Crippen LogP contribution in [-0.4, -0.2) is 40.1 Å². The summed E-state index contributed by atoms with van der Waals surface area (Å²) in [5.74, 6) is 0.352. The predicted octanol–water partition coefficient (Wildman–Crippen LogP) is 2.92. The normalized spacial score (nSPS) is 11.0. The van der Waals surface area contributed by atoms with Gasteiger partial charge in [0.2, 0.25) is 5.91 Å². The minimum Gasteiger partial charge on any atom is -0.493 e. The van der Waals surface area contributed by atoms with E-state index in [-0.39, 0.29) is 17.1 Å². The molecule has 0 spiro atoms. The number of benzene rings is 2. The van der Waals surface area contributed by atoms with E-state index in [1.165, 1.54) is 32.4 Å². The van der Waals surface area contributed by atoms with E-state index in [1.807, 2.05) is 6.92 Å². The zero-order valence-corrected chi connectivity index (χ0v) is 18.9. The van der Waals surface area contributed by atoms with Crippen molar-refractivity contribution in [1.82, 2.24) is 10.3 Å². The number of sulfonamides is 1. The molecule has 3 aromatic rings. The highest BCUT2D eigenvalue weighted by Gasteiger charge is 2.28. The molecular weight excluding hydrogens is 430 g/mol. The van der Waals surface area contributed by atoms with Crippen LogP contribution in [0.2, 0.25) is 0 Å². The summed E-state index contributed by atoms with van der Waals surface area (Å²) in [5.41, 5.74) is 2.06. The van der Waals surface area contributed by atoms with E-state index in [1.54, 1.807) is 48.8 Å². The van der Waals surface area contributed by atoms with E-state index in [2.05, 4.69) is 10.3 Å². The van der Waals surface area contributed by atoms with Gasteiger partial charge in [-0.05, 0) is 48.9 Å². The average Bonchev–Trinajstić information content (AvgIpc) is 2.81. The molecule has 1 aromatic heterocycles. The Hall–Kier alpha value is -3.59. The number of aryl methyl sites for hydroxylation is 1. The first-order chi connectivity index (χ1) is 15.3. The number of methoxy groups -OCH3 is 2. The fraction of sp³-hybridized carbons (Fsp3) is 0.217. The van der Waals surface area contributed by atoms with Gasteiger partial charge in [-0.1, -0.05) is 17.7 Å². The molecule has 0 fully saturated rings. The highest BCUT2D eigenvalue weighted by Crippen LogP contribution is 2.33. The molecule has 1 amide bonds. The highest BCUT2D eigenvalue weighted by molar-refractivity contribution is 7.92. The van der Waals surface area contributed by atoms with Gasteiger partial charge in [-0.15, -0.1) is 0 Å². The molecule has 0 unspecified atom stereocenters. The molecular formula is C23H25N3O5S. The van der Waals surface area contributed by atoms with Gasteiger partial charge in [-0.2, -0.15) is 0 Å². The molecule has 8 nitrogen and oxygen atoms in total. The zero-order chi connectivity index (χ0) is 23.1. The Kier molecular flexibility index (Phi) is 7.32. The van der Waals surface area contributed by atoms with Gasteiger partial charge in [-0.3, -0.25) is 14.1 Å². The fourth-order valence-electron chi connectivity index (χ4n) is 3.02. The number of anilines is 1. The van der Waals surface area contributed by atoms with E-state index >= 15 is 0 Å². The number of nitrogens with one attached hydrogen (secondary N) is 1. The minimum absolute atomic E-state index is 0.0832. The van der Waals surface area contributed by atoms with Crippen LogP contribution in [0.15, 0.2) is 71.9 Å². The average molecular weight is 456 g/mol. The lowest BCUT2D eigenvalue weighted by atomic mass is 10.2. The topological polar surface area (TPSA) is 97.8 Å². The molecule has 9 heteroatoms. The molecule has 0 aliphatic heterocycles. The smallest absolute Gasteiger partial charge is 0.264 e. The third-order valence-corrected chi connectivity index (χ3v) is 6.58. The molecule has 0 saturated carbocycles. The predicted molar refractivity (Wildman–Crippen MR) is 121 cm³/mol. The van der Waals surface area contributed by atoms with Crippen LogP contribution in [0.4, 0.5) is 5.69 Å². The number of carbonyl (C=O) groups excluding carboxylic acids is 1. The monoisotopic (exact) mass is 455 g/mol. The van der Waals surface area contributed by atoms with Crippen LogP contribution in [-0.2, 0) is 21.4 Å². The van der Waals surface area contributed by atoms with Gasteiger partial charge >= 0.3 is 0 Å². The largest absolute Gasteiger partial charge is 0.493 e. The Labute approximate surface area is 187 Å². The van der Waals surface area contributed by atoms with Crippen molar-refractivity contribution >= 4 is 21.6 Å². The van der Waals surface area contributed by atoms with Crippen molar-refractivity contribution in [3.8, 4) is 11.5 Å². The Morgan fingerprint density at radius 1 is 0.969 bits per heavy atom. The lowest BCUT2D eigenvalue weighted by Gasteiger charge is -2.25. The number of rotatable bonds is 9. The molecule has 3 rings (SSSR count). The van der Waals surface area contributed by atoms with E-state index in [4.69, 9.17) is 9.47 Å². The molecule has 1 heterocycles. The first-order valence-electron chi connectivity index (χ1n) is 9.82. The summed E-state index contributed by atoms with van der Waals surface area (Å²) in [7, 11) is -1.08. The zero-order valence-electron chi connectivity index (χ0n) is 18.1. The first-order valence-corrected chi connectivity index (χ1v) is 11.3. The SMILES string of the molecule is COc1ccc(N(CC(=O)NCc2ccncc2)S(=O)(=O)c2ccc(C)cc2)cc1OC. The molecule has 32 heavy (non-hydrogen) atoms. The van der Waals surface area contributed by atoms with E-state index in [0.29, 0.717) is 11.5 Å². The Morgan fingerprint density at radius 2 is 1.62 bits per heavy atom. The second kappa shape index (κ2) is 10.1. The summed E-state index contributed by atoms with van der Waals surface area (Å²) >= 11 is 0. The Balaban J connectivity index is 1.93. The van der Waals surface area contributed by atoms with Gasteiger partial charge < -0.3 is 14.8 Å². The third-order valence-electron chi connectivity index (χ3n) is 4.79. The molecule has 0 aliphatic carbocycles. The number of aromatic nitrogens is 1. The minimum atomic E-state index is -4.03. The van der Waals surface area contributed by atoms with Crippen LogP contribution in [0, 0.1) is 6.92 Å². The Bertz CT molecular complexity index is 1170. The van der Waals surface area contributed by atoms with Crippen molar-refractivity contribution in [2.75, 3.05) is 25.1 Å². The van der Waals surface area contributed by atoms with Gasteiger partial charge in [0.1, 0.15) is 6.54 Å². The number of hydrogen-bond donors (Lipinski definition) is 1. The molecule has 1 N–H and O–H groups in total. The van der Waals surface area contributed by atoms with Gasteiger partial charge in [-0.25, -0.2) is 8.42 Å². The second-order valence-corrected chi connectivity index (χ2v) is 8.86. The third kappa shape index (κ3) is 5.36. The number of nitrogens with zero attached hydrogens (tertiary/aromatic N) is 2. The molecule has 0 bridgehead atoms. The summed E-state index contributed by atoms with van der Waals surface area (Å²) < 4.78 is 38.6. The lowest BCUT2D eigenvalue weighted by Crippen LogP contribution is -2.40. The standard InChI is InChI=1S/C23H25N3O5S/c1-17-4-7-20(8-5-17)32(28,29)26(19-6-9-21(30-2)22(14-19)31-3)16-23(27)25-15-18-10-12-24-13-11-18/h4-14H,15-16H2,1-3H3,(H,25,27). The number of amides is 1. The molecule has 168 valence electrons. The van der Waals surface area contributed by atoms with Crippen molar-refractivity contribution < 1.29 is 22.7 Å². The Morgan fingerprint density at radius 3 is 2.25 bits per heavy atom. The van der Waals surface area contributed by atoms with Gasteiger partial charge in [0.25, 0.3) is 10.0 Å². The maximum atomic E-state index is 13.5. The molecule has 0 aliphatic rings. The van der Waals surface area contributed by atoms with Crippen LogP contribution in [0.1, 0.15) is 11.1 Å². The maximum Gasteiger partial charge on any atom is 0.264 e. The van der Waals surface area contributed by atoms with E-state index in [9.17, 15) is 13.2 Å². The highest BCUT2D eigenvalue weighted by atomic mass is 32.2. The second-order valence-electron chi connectivity index (χ2n) is 7.00. The summed E-state index contributed by atoms with van der Waals surface area (Å²) in [6.45, 7) is 1.72. The van der Waals surface area contributed by atoms with Crippen LogP contribution in [0.5, 0.6) is 11.5 Å². The molecule has 0 saturated heterocycles. The lowest BCUT2D eigenvalue weighted by molar-refractivity contribution is -0.119. The van der Waals surface area contributed by atoms with Crippen molar-refractivity contribution in [3.63, 3.8) is 0 Å². The maximum absolute atomic E-state index is 13.5. The molecule has 2 aromatic carbocycles. The van der Waals surface area contributed by atoms with Crippen molar-refractivity contribution in [3.05, 3.63) is 78.1 Å². The van der Waals surface area contributed by atoms with Crippen LogP contribution in [0.3, 0.4) is 0 Å². The van der Waals surface area contributed by atoms with E-state index in [0.717, 1.165) is 15.4 Å².